The molecule has 0 amide bonds. The maximum Gasteiger partial charge on any atom is 0.191 e. The maximum absolute atomic E-state index is 5.55. The highest BCUT2D eigenvalue weighted by molar-refractivity contribution is 7.98. The molecule has 1 aliphatic heterocycles. The third kappa shape index (κ3) is 4.39. The maximum atomic E-state index is 5.55. The summed E-state index contributed by atoms with van der Waals surface area (Å²) >= 11 is 1.66. The number of rotatable bonds is 8. The summed E-state index contributed by atoms with van der Waals surface area (Å²) in [6, 6.07) is 8.15. The third-order valence-electron chi connectivity index (χ3n) is 5.24. The smallest absolute Gasteiger partial charge is 0.191 e. The van der Waals surface area contributed by atoms with Crippen LogP contribution in [-0.4, -0.2) is 52.9 Å². The van der Waals surface area contributed by atoms with Crippen molar-refractivity contribution >= 4 is 28.7 Å². The van der Waals surface area contributed by atoms with Crippen LogP contribution in [0.4, 0.5) is 5.82 Å². The van der Waals surface area contributed by atoms with Gasteiger partial charge in [0.05, 0.1) is 20.3 Å². The van der Waals surface area contributed by atoms with E-state index in [1.165, 1.54) is 5.56 Å². The van der Waals surface area contributed by atoms with Crippen molar-refractivity contribution in [3.8, 4) is 5.75 Å². The minimum absolute atomic E-state index is 0.718. The summed E-state index contributed by atoms with van der Waals surface area (Å²) in [4.78, 5) is 17.1. The molecule has 3 heterocycles. The summed E-state index contributed by atoms with van der Waals surface area (Å²) in [5.74, 6) is 3.69. The van der Waals surface area contributed by atoms with Crippen molar-refractivity contribution in [1.29, 1.82) is 0 Å². The number of aromatic nitrogens is 4. The molecule has 4 rings (SSSR count). The predicted molar refractivity (Wildman–Crippen MR) is 121 cm³/mol. The van der Waals surface area contributed by atoms with Crippen molar-refractivity contribution in [3.63, 3.8) is 0 Å². The van der Waals surface area contributed by atoms with E-state index in [-0.39, 0.29) is 0 Å². The molecule has 0 radical (unpaired) electrons. The Kier molecular flexibility index (Phi) is 6.74. The molecule has 3 aromatic rings. The van der Waals surface area contributed by atoms with Crippen molar-refractivity contribution in [1.82, 2.24) is 19.5 Å². The second-order valence-electron chi connectivity index (χ2n) is 7.27. The zero-order chi connectivity index (χ0) is 20.9. The molecule has 1 aromatic carbocycles. The molecule has 1 aliphatic rings. The zero-order valence-electron chi connectivity index (χ0n) is 17.9. The van der Waals surface area contributed by atoms with Gasteiger partial charge in [-0.05, 0) is 24.1 Å². The van der Waals surface area contributed by atoms with Crippen molar-refractivity contribution in [3.05, 3.63) is 35.7 Å². The molecule has 1 saturated heterocycles. The minimum Gasteiger partial charge on any atom is -0.497 e. The third-order valence-corrected chi connectivity index (χ3v) is 6.15. The van der Waals surface area contributed by atoms with Crippen molar-refractivity contribution in [2.24, 2.45) is 0 Å². The number of thioether (sulfide) groups is 1. The standard InChI is InChI=1S/C22H29N5O2S/c1-4-10-27-18(5-2)23-19-20(26-11-13-29-14-12-26)24-22(25-21(19)27)30-15-16-6-8-17(28-3)9-7-16/h6-9H,4-5,10-15H2,1-3H3. The number of fused-ring (bicyclic) bond motifs is 1. The van der Waals surface area contributed by atoms with Gasteiger partial charge in [-0.25, -0.2) is 15.0 Å². The number of aryl methyl sites for hydroxylation is 2. The summed E-state index contributed by atoms with van der Waals surface area (Å²) in [7, 11) is 1.68. The van der Waals surface area contributed by atoms with E-state index in [0.717, 1.165) is 85.2 Å². The second-order valence-corrected chi connectivity index (χ2v) is 8.21. The van der Waals surface area contributed by atoms with Crippen molar-refractivity contribution in [2.75, 3.05) is 38.3 Å². The molecule has 160 valence electrons. The fourth-order valence-corrected chi connectivity index (χ4v) is 4.46. The van der Waals surface area contributed by atoms with Crippen LogP contribution < -0.4 is 9.64 Å². The van der Waals surface area contributed by atoms with E-state index in [2.05, 4.69) is 35.4 Å². The number of nitrogens with zero attached hydrogens (tertiary/aromatic N) is 5. The molecule has 7 nitrogen and oxygen atoms in total. The highest BCUT2D eigenvalue weighted by atomic mass is 32.2. The van der Waals surface area contributed by atoms with E-state index < -0.39 is 0 Å². The summed E-state index contributed by atoms with van der Waals surface area (Å²) in [5.41, 5.74) is 3.08. The fourth-order valence-electron chi connectivity index (χ4n) is 3.67. The monoisotopic (exact) mass is 427 g/mol. The summed E-state index contributed by atoms with van der Waals surface area (Å²) < 4.78 is 13.1. The Morgan fingerprint density at radius 2 is 1.83 bits per heavy atom. The topological polar surface area (TPSA) is 65.3 Å². The first-order chi connectivity index (χ1) is 14.7. The van der Waals surface area contributed by atoms with Gasteiger partial charge in [0, 0.05) is 31.8 Å². The van der Waals surface area contributed by atoms with Crippen LogP contribution in [0.5, 0.6) is 5.75 Å². The van der Waals surface area contributed by atoms with Crippen LogP contribution in [0.2, 0.25) is 0 Å². The number of benzene rings is 1. The first kappa shape index (κ1) is 20.9. The molecule has 1 fully saturated rings. The summed E-state index contributed by atoms with van der Waals surface area (Å²) in [6.07, 6.45) is 1.93. The Balaban J connectivity index is 1.69. The molecule has 0 bridgehead atoms. The van der Waals surface area contributed by atoms with Crippen LogP contribution in [0.1, 0.15) is 31.7 Å². The lowest BCUT2D eigenvalue weighted by atomic mass is 10.2. The van der Waals surface area contributed by atoms with E-state index in [1.54, 1.807) is 18.9 Å². The fraction of sp³-hybridized carbons (Fsp3) is 0.500. The minimum atomic E-state index is 0.718. The lowest BCUT2D eigenvalue weighted by Crippen LogP contribution is -2.37. The molecule has 30 heavy (non-hydrogen) atoms. The quantitative estimate of drug-likeness (QED) is 0.398. The Bertz CT molecular complexity index is 983. The van der Waals surface area contributed by atoms with E-state index in [4.69, 9.17) is 24.4 Å². The van der Waals surface area contributed by atoms with Crippen LogP contribution in [0.25, 0.3) is 11.2 Å². The Morgan fingerprint density at radius 3 is 2.50 bits per heavy atom. The highest BCUT2D eigenvalue weighted by Crippen LogP contribution is 2.30. The van der Waals surface area contributed by atoms with Crippen LogP contribution in [0.15, 0.2) is 29.4 Å². The summed E-state index contributed by atoms with van der Waals surface area (Å²) in [5, 5.41) is 0.791. The van der Waals surface area contributed by atoms with Gasteiger partial charge in [-0.15, -0.1) is 0 Å². The van der Waals surface area contributed by atoms with Gasteiger partial charge in [0.15, 0.2) is 22.1 Å². The Morgan fingerprint density at radius 1 is 1.07 bits per heavy atom. The van der Waals surface area contributed by atoms with Crippen LogP contribution in [0.3, 0.4) is 0 Å². The number of hydrogen-bond acceptors (Lipinski definition) is 7. The van der Waals surface area contributed by atoms with Crippen molar-refractivity contribution in [2.45, 2.75) is 44.1 Å². The predicted octanol–water partition coefficient (Wildman–Crippen LogP) is 3.94. The summed E-state index contributed by atoms with van der Waals surface area (Å²) in [6.45, 7) is 8.35. The van der Waals surface area contributed by atoms with Crippen molar-refractivity contribution < 1.29 is 9.47 Å². The van der Waals surface area contributed by atoms with Gasteiger partial charge in [0.1, 0.15) is 11.6 Å². The van der Waals surface area contributed by atoms with Gasteiger partial charge in [-0.3, -0.25) is 0 Å². The Hall–Kier alpha value is -2.32. The molecule has 2 aromatic heterocycles. The molecule has 0 unspecified atom stereocenters. The number of ether oxygens (including phenoxy) is 2. The number of morpholine rings is 1. The second kappa shape index (κ2) is 9.66. The van der Waals surface area contributed by atoms with E-state index >= 15 is 0 Å². The number of methoxy groups -OCH3 is 1. The van der Waals surface area contributed by atoms with Gasteiger partial charge in [0.2, 0.25) is 0 Å². The van der Waals surface area contributed by atoms with Crippen LogP contribution >= 0.6 is 11.8 Å². The number of anilines is 1. The molecule has 0 aliphatic carbocycles. The first-order valence-electron chi connectivity index (χ1n) is 10.6. The van der Waals surface area contributed by atoms with Gasteiger partial charge < -0.3 is 18.9 Å². The van der Waals surface area contributed by atoms with Crippen LogP contribution in [-0.2, 0) is 23.5 Å². The van der Waals surface area contributed by atoms with Gasteiger partial charge >= 0.3 is 0 Å². The molecular formula is C22H29N5O2S. The lowest BCUT2D eigenvalue weighted by Gasteiger charge is -2.28. The molecule has 0 spiro atoms. The van der Waals surface area contributed by atoms with Gasteiger partial charge in [-0.2, -0.15) is 0 Å². The molecule has 0 N–H and O–H groups in total. The Labute approximate surface area is 181 Å². The number of imidazole rings is 1. The first-order valence-corrected chi connectivity index (χ1v) is 11.6. The van der Waals surface area contributed by atoms with E-state index in [9.17, 15) is 0 Å². The lowest BCUT2D eigenvalue weighted by molar-refractivity contribution is 0.122. The van der Waals surface area contributed by atoms with Gasteiger partial charge in [-0.1, -0.05) is 37.7 Å². The highest BCUT2D eigenvalue weighted by Gasteiger charge is 2.22. The molecule has 0 atom stereocenters. The average molecular weight is 428 g/mol. The molecular weight excluding hydrogens is 398 g/mol. The SMILES string of the molecule is CCCn1c(CC)nc2c(N3CCOCC3)nc(SCc3ccc(OC)cc3)nc21. The zero-order valence-corrected chi connectivity index (χ0v) is 18.7. The van der Waals surface area contributed by atoms with Crippen LogP contribution in [0, 0.1) is 0 Å². The molecule has 8 heteroatoms. The normalized spacial score (nSPS) is 14.4. The largest absolute Gasteiger partial charge is 0.497 e. The van der Waals surface area contributed by atoms with E-state index in [0.29, 0.717) is 0 Å². The molecule has 0 saturated carbocycles. The average Bonchev–Trinajstić information content (AvgIpc) is 3.16. The van der Waals surface area contributed by atoms with E-state index in [1.807, 2.05) is 12.1 Å². The van der Waals surface area contributed by atoms with Gasteiger partial charge in [0.25, 0.3) is 0 Å². The number of hydrogen-bond donors (Lipinski definition) is 0.